The van der Waals surface area contributed by atoms with Crippen molar-refractivity contribution >= 4 is 61.5 Å². The van der Waals surface area contributed by atoms with E-state index in [-0.39, 0.29) is 42.6 Å². The molecule has 0 aliphatic carbocycles. The number of hydrogen-bond acceptors (Lipinski definition) is 4. The van der Waals surface area contributed by atoms with E-state index in [1.54, 1.807) is 43.3 Å². The molecule has 1 heterocycles. The van der Waals surface area contributed by atoms with Crippen LogP contribution in [-0.4, -0.2) is 43.3 Å². The van der Waals surface area contributed by atoms with Gasteiger partial charge in [-0.15, -0.1) is 0 Å². The van der Waals surface area contributed by atoms with Crippen molar-refractivity contribution in [1.29, 1.82) is 0 Å². The number of anilines is 1. The largest absolute Gasteiger partial charge is 0.350 e. The predicted octanol–water partition coefficient (Wildman–Crippen LogP) is 5.77. The van der Waals surface area contributed by atoms with Gasteiger partial charge in [0, 0.05) is 46.0 Å². The first kappa shape index (κ1) is 28.2. The summed E-state index contributed by atoms with van der Waals surface area (Å²) in [6.45, 7) is 7.43. The molecule has 0 saturated carbocycles. The van der Waals surface area contributed by atoms with Gasteiger partial charge in [0.2, 0.25) is 11.8 Å². The SMILES string of the molecule is C[C@H](C(=O)NC(C)(C)C)N(Cc1c(Cl)cccc1Cl)C(=O)CCCN1c2cccc3cccc(c23)S1(=O)=O. The van der Waals surface area contributed by atoms with E-state index in [0.29, 0.717) is 26.7 Å². The van der Waals surface area contributed by atoms with Gasteiger partial charge in [-0.25, -0.2) is 8.42 Å². The summed E-state index contributed by atoms with van der Waals surface area (Å²) in [6.07, 6.45) is 0.302. The normalized spacial score (nSPS) is 14.9. The number of nitrogens with zero attached hydrogens (tertiary/aromatic N) is 2. The Morgan fingerprint density at radius 1 is 1.00 bits per heavy atom. The average molecular weight is 577 g/mol. The molecule has 7 nitrogen and oxygen atoms in total. The minimum absolute atomic E-state index is 0.0353. The summed E-state index contributed by atoms with van der Waals surface area (Å²) in [5.41, 5.74) is 0.675. The van der Waals surface area contributed by atoms with Crippen molar-refractivity contribution in [3.63, 3.8) is 0 Å². The molecule has 3 aromatic carbocycles. The molecule has 10 heteroatoms. The summed E-state index contributed by atoms with van der Waals surface area (Å²) < 4.78 is 27.9. The number of rotatable bonds is 8. The quantitative estimate of drug-likeness (QED) is 0.369. The first-order chi connectivity index (χ1) is 17.8. The Morgan fingerprint density at radius 2 is 1.61 bits per heavy atom. The molecule has 1 aliphatic heterocycles. The number of hydrogen-bond donors (Lipinski definition) is 1. The third-order valence-corrected chi connectivity index (χ3v) is 9.05. The van der Waals surface area contributed by atoms with Crippen LogP contribution in [0.5, 0.6) is 0 Å². The van der Waals surface area contributed by atoms with E-state index >= 15 is 0 Å². The van der Waals surface area contributed by atoms with E-state index < -0.39 is 21.6 Å². The predicted molar refractivity (Wildman–Crippen MR) is 152 cm³/mol. The highest BCUT2D eigenvalue weighted by Crippen LogP contribution is 2.42. The Balaban J connectivity index is 1.54. The maximum Gasteiger partial charge on any atom is 0.265 e. The van der Waals surface area contributed by atoms with E-state index in [4.69, 9.17) is 23.2 Å². The zero-order valence-electron chi connectivity index (χ0n) is 21.8. The number of halogens is 2. The maximum atomic E-state index is 13.5. The number of carbonyl (C=O) groups excluding carboxylic acids is 2. The molecule has 1 atom stereocenters. The van der Waals surface area contributed by atoms with Crippen LogP contribution in [0.1, 0.15) is 46.1 Å². The van der Waals surface area contributed by atoms with Crippen LogP contribution in [-0.2, 0) is 26.2 Å². The lowest BCUT2D eigenvalue weighted by molar-refractivity contribution is -0.141. The highest BCUT2D eigenvalue weighted by atomic mass is 35.5. The van der Waals surface area contributed by atoms with Crippen molar-refractivity contribution in [2.24, 2.45) is 0 Å². The van der Waals surface area contributed by atoms with Gasteiger partial charge in [0.25, 0.3) is 10.0 Å². The standard InChI is InChI=1S/C28H31Cl2N3O4S/c1-18(27(35)31-28(2,3)4)32(17-20-21(29)11-7-12-22(20)30)25(34)15-8-16-33-23-13-5-9-19-10-6-14-24(26(19)23)38(33,36)37/h5-7,9-14,18H,8,15-17H2,1-4H3,(H,31,35)/t18-/m1/s1. The summed E-state index contributed by atoms with van der Waals surface area (Å²) in [7, 11) is -3.72. The minimum atomic E-state index is -3.72. The highest BCUT2D eigenvalue weighted by Gasteiger charge is 2.35. The second-order valence-electron chi connectivity index (χ2n) is 10.4. The lowest BCUT2D eigenvalue weighted by Crippen LogP contribution is -2.52. The first-order valence-corrected chi connectivity index (χ1v) is 14.6. The molecule has 0 aromatic heterocycles. The first-order valence-electron chi connectivity index (χ1n) is 12.4. The molecule has 202 valence electrons. The highest BCUT2D eigenvalue weighted by molar-refractivity contribution is 7.93. The summed E-state index contributed by atoms with van der Waals surface area (Å²) >= 11 is 12.8. The van der Waals surface area contributed by atoms with E-state index in [1.807, 2.05) is 39.0 Å². The van der Waals surface area contributed by atoms with Crippen molar-refractivity contribution in [3.8, 4) is 0 Å². The molecule has 4 rings (SSSR count). The molecule has 3 aromatic rings. The van der Waals surface area contributed by atoms with E-state index in [9.17, 15) is 18.0 Å². The molecule has 38 heavy (non-hydrogen) atoms. The van der Waals surface area contributed by atoms with E-state index in [2.05, 4.69) is 5.32 Å². The molecule has 1 aliphatic rings. The van der Waals surface area contributed by atoms with Crippen LogP contribution in [0.2, 0.25) is 10.0 Å². The van der Waals surface area contributed by atoms with Gasteiger partial charge >= 0.3 is 0 Å². The third-order valence-electron chi connectivity index (χ3n) is 6.49. The van der Waals surface area contributed by atoms with Gasteiger partial charge in [0.15, 0.2) is 0 Å². The average Bonchev–Trinajstić information content (AvgIpc) is 3.05. The van der Waals surface area contributed by atoms with Crippen LogP contribution < -0.4 is 9.62 Å². The van der Waals surface area contributed by atoms with Gasteiger partial charge in [-0.1, -0.05) is 53.5 Å². The van der Waals surface area contributed by atoms with Gasteiger partial charge < -0.3 is 10.2 Å². The number of benzene rings is 3. The topological polar surface area (TPSA) is 86.8 Å². The van der Waals surface area contributed by atoms with Crippen molar-refractivity contribution in [1.82, 2.24) is 10.2 Å². The molecule has 0 spiro atoms. The van der Waals surface area contributed by atoms with Crippen molar-refractivity contribution in [2.75, 3.05) is 10.8 Å². The fourth-order valence-corrected chi connectivity index (χ4v) is 6.89. The maximum absolute atomic E-state index is 13.5. The Labute approximate surface area is 233 Å². The van der Waals surface area contributed by atoms with Gasteiger partial charge in [-0.3, -0.25) is 13.9 Å². The zero-order valence-corrected chi connectivity index (χ0v) is 24.1. The monoisotopic (exact) mass is 575 g/mol. The number of carbonyl (C=O) groups is 2. The Morgan fingerprint density at radius 3 is 2.24 bits per heavy atom. The minimum Gasteiger partial charge on any atom is -0.350 e. The fourth-order valence-electron chi connectivity index (χ4n) is 4.63. The van der Waals surface area contributed by atoms with Crippen molar-refractivity contribution in [3.05, 3.63) is 70.2 Å². The van der Waals surface area contributed by atoms with Crippen LogP contribution in [0.4, 0.5) is 5.69 Å². The molecule has 0 radical (unpaired) electrons. The van der Waals surface area contributed by atoms with E-state index in [0.717, 1.165) is 5.39 Å². The lowest BCUT2D eigenvalue weighted by atomic mass is 10.1. The summed E-state index contributed by atoms with van der Waals surface area (Å²) in [5.74, 6) is -0.608. The Bertz CT molecular complexity index is 1480. The fraction of sp³-hybridized carbons (Fsp3) is 0.357. The second kappa shape index (κ2) is 10.8. The summed E-state index contributed by atoms with van der Waals surface area (Å²) in [5, 5.41) is 5.26. The molecular weight excluding hydrogens is 545 g/mol. The molecule has 0 unspecified atom stereocenters. The Kier molecular flexibility index (Phi) is 7.98. The van der Waals surface area contributed by atoms with Gasteiger partial charge in [-0.2, -0.15) is 0 Å². The lowest BCUT2D eigenvalue weighted by Gasteiger charge is -2.32. The second-order valence-corrected chi connectivity index (χ2v) is 13.1. The van der Waals surface area contributed by atoms with Crippen LogP contribution in [0, 0.1) is 0 Å². The summed E-state index contributed by atoms with van der Waals surface area (Å²) in [6, 6.07) is 15.0. The summed E-state index contributed by atoms with van der Waals surface area (Å²) in [4.78, 5) is 28.2. The smallest absolute Gasteiger partial charge is 0.265 e. The number of nitrogens with one attached hydrogen (secondary N) is 1. The molecule has 1 N–H and O–H groups in total. The van der Waals surface area contributed by atoms with Crippen LogP contribution >= 0.6 is 23.2 Å². The number of amides is 2. The third kappa shape index (κ3) is 5.63. The molecular formula is C28H31Cl2N3O4S. The van der Waals surface area contributed by atoms with Crippen molar-refractivity contribution < 1.29 is 18.0 Å². The van der Waals surface area contributed by atoms with Crippen molar-refractivity contribution in [2.45, 2.75) is 63.6 Å². The van der Waals surface area contributed by atoms with Crippen LogP contribution in [0.3, 0.4) is 0 Å². The molecule has 0 bridgehead atoms. The Hall–Kier alpha value is -2.81. The van der Waals surface area contributed by atoms with Crippen LogP contribution in [0.15, 0.2) is 59.5 Å². The molecule has 0 fully saturated rings. The van der Waals surface area contributed by atoms with Gasteiger partial charge in [0.05, 0.1) is 10.6 Å². The number of sulfonamides is 1. The van der Waals surface area contributed by atoms with Gasteiger partial charge in [-0.05, 0) is 63.8 Å². The van der Waals surface area contributed by atoms with Gasteiger partial charge in [0.1, 0.15) is 6.04 Å². The zero-order chi connectivity index (χ0) is 27.8. The van der Waals surface area contributed by atoms with E-state index in [1.165, 1.54) is 9.21 Å². The molecule has 2 amide bonds. The van der Waals surface area contributed by atoms with Crippen LogP contribution in [0.25, 0.3) is 10.8 Å². The molecule has 0 saturated heterocycles.